The van der Waals surface area contributed by atoms with Crippen LogP contribution < -0.4 is 5.73 Å². The molecule has 90 valence electrons. The third-order valence-electron chi connectivity index (χ3n) is 3.03. The highest BCUT2D eigenvalue weighted by Crippen LogP contribution is 2.15. The van der Waals surface area contributed by atoms with Gasteiger partial charge in [-0.15, -0.1) is 12.4 Å². The first-order chi connectivity index (χ1) is 6.88. The minimum atomic E-state index is 0. The predicted molar refractivity (Wildman–Crippen MR) is 61.4 cm³/mol. The van der Waals surface area contributed by atoms with Crippen LogP contribution in [-0.4, -0.2) is 57.0 Å². The third-order valence-corrected chi connectivity index (χ3v) is 3.03. The van der Waals surface area contributed by atoms with Gasteiger partial charge in [-0.3, -0.25) is 4.90 Å². The zero-order valence-electron chi connectivity index (χ0n) is 9.06. The number of halogens is 1. The van der Waals surface area contributed by atoms with Gasteiger partial charge in [0, 0.05) is 32.8 Å². The molecule has 2 fully saturated rings. The van der Waals surface area contributed by atoms with E-state index in [2.05, 4.69) is 4.90 Å². The Balaban J connectivity index is 0.00000112. The van der Waals surface area contributed by atoms with E-state index >= 15 is 0 Å². The molecule has 0 spiro atoms. The highest BCUT2D eigenvalue weighted by atomic mass is 35.5. The highest BCUT2D eigenvalue weighted by molar-refractivity contribution is 5.85. The van der Waals surface area contributed by atoms with E-state index in [1.54, 1.807) is 0 Å². The lowest BCUT2D eigenvalue weighted by Crippen LogP contribution is -2.47. The van der Waals surface area contributed by atoms with Gasteiger partial charge in [-0.2, -0.15) is 0 Å². The van der Waals surface area contributed by atoms with E-state index in [-0.39, 0.29) is 18.5 Å². The van der Waals surface area contributed by atoms with Crippen LogP contribution in [0.1, 0.15) is 6.42 Å². The van der Waals surface area contributed by atoms with E-state index in [9.17, 15) is 0 Å². The molecule has 0 bridgehead atoms. The van der Waals surface area contributed by atoms with E-state index < -0.39 is 0 Å². The first-order valence-electron chi connectivity index (χ1n) is 5.50. The summed E-state index contributed by atoms with van der Waals surface area (Å²) in [7, 11) is 0. The largest absolute Gasteiger partial charge is 0.381 e. The van der Waals surface area contributed by atoms with Crippen LogP contribution in [0.5, 0.6) is 0 Å². The number of hydrogen-bond donors (Lipinski definition) is 1. The monoisotopic (exact) mass is 236 g/mol. The SMILES string of the molecule is Cl.NCC1CN(CC2CCOC2)CCO1. The lowest BCUT2D eigenvalue weighted by atomic mass is 10.1. The number of hydrogen-bond acceptors (Lipinski definition) is 4. The Bertz CT molecular complexity index is 177. The minimum Gasteiger partial charge on any atom is -0.381 e. The Hall–Kier alpha value is 0.130. The average Bonchev–Trinajstić information content (AvgIpc) is 2.71. The van der Waals surface area contributed by atoms with Gasteiger partial charge in [-0.25, -0.2) is 0 Å². The fourth-order valence-corrected chi connectivity index (χ4v) is 2.18. The summed E-state index contributed by atoms with van der Waals surface area (Å²) in [6.45, 7) is 6.53. The second-order valence-corrected chi connectivity index (χ2v) is 4.22. The van der Waals surface area contributed by atoms with Crippen LogP contribution in [0.25, 0.3) is 0 Å². The van der Waals surface area contributed by atoms with Crippen LogP contribution in [0, 0.1) is 5.92 Å². The molecular formula is C10H21ClN2O2. The lowest BCUT2D eigenvalue weighted by molar-refractivity contribution is -0.0280. The standard InChI is InChI=1S/C10H20N2O2.ClH/c11-5-10-7-12(2-4-14-10)6-9-1-3-13-8-9;/h9-10H,1-8,11H2;1H. The number of rotatable bonds is 3. The maximum Gasteiger partial charge on any atom is 0.0824 e. The van der Waals surface area contributed by atoms with Crippen LogP contribution in [0.3, 0.4) is 0 Å². The molecule has 2 heterocycles. The minimum absolute atomic E-state index is 0. The first-order valence-corrected chi connectivity index (χ1v) is 5.50. The summed E-state index contributed by atoms with van der Waals surface area (Å²) in [6, 6.07) is 0. The summed E-state index contributed by atoms with van der Waals surface area (Å²) in [4.78, 5) is 2.46. The van der Waals surface area contributed by atoms with Gasteiger partial charge in [0.2, 0.25) is 0 Å². The highest BCUT2D eigenvalue weighted by Gasteiger charge is 2.23. The lowest BCUT2D eigenvalue weighted by Gasteiger charge is -2.33. The molecule has 2 aliphatic rings. The van der Waals surface area contributed by atoms with E-state index in [0.29, 0.717) is 6.54 Å². The summed E-state index contributed by atoms with van der Waals surface area (Å²) in [5.41, 5.74) is 5.60. The summed E-state index contributed by atoms with van der Waals surface area (Å²) < 4.78 is 10.9. The molecular weight excluding hydrogens is 216 g/mol. The van der Waals surface area contributed by atoms with Gasteiger partial charge in [0.1, 0.15) is 0 Å². The molecule has 2 atom stereocenters. The molecule has 0 aromatic heterocycles. The van der Waals surface area contributed by atoms with Gasteiger partial charge in [0.05, 0.1) is 19.3 Å². The van der Waals surface area contributed by atoms with Crippen LogP contribution in [0.15, 0.2) is 0 Å². The van der Waals surface area contributed by atoms with Gasteiger partial charge < -0.3 is 15.2 Å². The van der Waals surface area contributed by atoms with Crippen molar-refractivity contribution >= 4 is 12.4 Å². The van der Waals surface area contributed by atoms with Gasteiger partial charge in [-0.1, -0.05) is 0 Å². The van der Waals surface area contributed by atoms with E-state index in [4.69, 9.17) is 15.2 Å². The topological polar surface area (TPSA) is 47.7 Å². The van der Waals surface area contributed by atoms with Crippen molar-refractivity contribution in [2.75, 3.05) is 46.0 Å². The molecule has 2 unspecified atom stereocenters. The van der Waals surface area contributed by atoms with Crippen molar-refractivity contribution in [3.05, 3.63) is 0 Å². The number of nitrogens with zero attached hydrogens (tertiary/aromatic N) is 1. The van der Waals surface area contributed by atoms with Crippen molar-refractivity contribution in [3.63, 3.8) is 0 Å². The molecule has 2 rings (SSSR count). The molecule has 0 aromatic rings. The van der Waals surface area contributed by atoms with E-state index in [1.165, 1.54) is 6.42 Å². The molecule has 2 N–H and O–H groups in total. The Labute approximate surface area is 97.5 Å². The van der Waals surface area contributed by atoms with Gasteiger partial charge in [-0.05, 0) is 12.3 Å². The van der Waals surface area contributed by atoms with Crippen LogP contribution >= 0.6 is 12.4 Å². The molecule has 0 amide bonds. The summed E-state index contributed by atoms with van der Waals surface area (Å²) in [6.07, 6.45) is 1.45. The van der Waals surface area contributed by atoms with Gasteiger partial charge >= 0.3 is 0 Å². The van der Waals surface area contributed by atoms with Gasteiger partial charge in [0.25, 0.3) is 0 Å². The maximum absolute atomic E-state index is 5.60. The fourth-order valence-electron chi connectivity index (χ4n) is 2.18. The van der Waals surface area contributed by atoms with E-state index in [0.717, 1.165) is 45.4 Å². The summed E-state index contributed by atoms with van der Waals surface area (Å²) >= 11 is 0. The van der Waals surface area contributed by atoms with Crippen LogP contribution in [0.2, 0.25) is 0 Å². The first kappa shape index (κ1) is 13.2. The van der Waals surface area contributed by atoms with Crippen molar-refractivity contribution < 1.29 is 9.47 Å². The molecule has 4 nitrogen and oxygen atoms in total. The van der Waals surface area contributed by atoms with Crippen LogP contribution in [0.4, 0.5) is 0 Å². The second-order valence-electron chi connectivity index (χ2n) is 4.22. The third kappa shape index (κ3) is 3.89. The Kier molecular flexibility index (Phi) is 5.86. The zero-order chi connectivity index (χ0) is 9.80. The average molecular weight is 237 g/mol. The Morgan fingerprint density at radius 2 is 2.20 bits per heavy atom. The molecule has 2 saturated heterocycles. The fraction of sp³-hybridized carbons (Fsp3) is 1.00. The molecule has 15 heavy (non-hydrogen) atoms. The molecule has 2 aliphatic heterocycles. The van der Waals surface area contributed by atoms with Crippen molar-refractivity contribution in [1.29, 1.82) is 0 Å². The molecule has 0 aliphatic carbocycles. The summed E-state index contributed by atoms with van der Waals surface area (Å²) in [5.74, 6) is 0.728. The van der Waals surface area contributed by atoms with Crippen LogP contribution in [-0.2, 0) is 9.47 Å². The Morgan fingerprint density at radius 1 is 1.33 bits per heavy atom. The number of morpholine rings is 1. The summed E-state index contributed by atoms with van der Waals surface area (Å²) in [5, 5.41) is 0. The molecule has 0 saturated carbocycles. The quantitative estimate of drug-likeness (QED) is 0.756. The van der Waals surface area contributed by atoms with Gasteiger partial charge in [0.15, 0.2) is 0 Å². The smallest absolute Gasteiger partial charge is 0.0824 e. The number of ether oxygens (including phenoxy) is 2. The predicted octanol–water partition coefficient (Wildman–Crippen LogP) is 0.104. The van der Waals surface area contributed by atoms with Crippen molar-refractivity contribution in [1.82, 2.24) is 4.90 Å². The maximum atomic E-state index is 5.60. The normalized spacial score (nSPS) is 32.6. The molecule has 0 aromatic carbocycles. The number of nitrogens with two attached hydrogens (primary N) is 1. The zero-order valence-corrected chi connectivity index (χ0v) is 9.88. The van der Waals surface area contributed by atoms with Crippen molar-refractivity contribution in [3.8, 4) is 0 Å². The Morgan fingerprint density at radius 3 is 2.87 bits per heavy atom. The van der Waals surface area contributed by atoms with E-state index in [1.807, 2.05) is 0 Å². The van der Waals surface area contributed by atoms with Crippen molar-refractivity contribution in [2.24, 2.45) is 11.7 Å². The molecule has 5 heteroatoms. The molecule has 0 radical (unpaired) electrons. The second kappa shape index (κ2) is 6.66. The van der Waals surface area contributed by atoms with Crippen molar-refractivity contribution in [2.45, 2.75) is 12.5 Å².